The number of esters is 1. The molecule has 0 aliphatic heterocycles. The second kappa shape index (κ2) is 12.9. The molecule has 0 unspecified atom stereocenters. The van der Waals surface area contributed by atoms with E-state index in [0.29, 0.717) is 12.0 Å². The highest BCUT2D eigenvalue weighted by atomic mass is 19.1. The van der Waals surface area contributed by atoms with Gasteiger partial charge in [-0.15, -0.1) is 0 Å². The maximum absolute atomic E-state index is 14.7. The molecule has 3 aromatic rings. The monoisotopic (exact) mass is 460 g/mol. The minimum absolute atomic E-state index is 0.0672. The largest absolute Gasteiger partial charge is 0.462 e. The zero-order chi connectivity index (χ0) is 24.3. The molecule has 34 heavy (non-hydrogen) atoms. The number of hydrogen-bond acceptors (Lipinski definition) is 3. The predicted molar refractivity (Wildman–Crippen MR) is 136 cm³/mol. The Morgan fingerprint density at radius 3 is 2.06 bits per heavy atom. The van der Waals surface area contributed by atoms with Crippen molar-refractivity contribution in [2.75, 3.05) is 13.2 Å². The van der Waals surface area contributed by atoms with Crippen molar-refractivity contribution in [3.05, 3.63) is 95.8 Å². The van der Waals surface area contributed by atoms with Gasteiger partial charge in [0.1, 0.15) is 5.82 Å². The van der Waals surface area contributed by atoms with Crippen molar-refractivity contribution >= 4 is 5.97 Å². The molecule has 4 heteroatoms. The molecule has 3 aromatic carbocycles. The van der Waals surface area contributed by atoms with Crippen LogP contribution >= 0.6 is 0 Å². The van der Waals surface area contributed by atoms with Crippen LogP contribution in [0.2, 0.25) is 0 Å². The second-order valence-corrected chi connectivity index (χ2v) is 8.55. The molecule has 0 aliphatic carbocycles. The number of rotatable bonds is 12. The summed E-state index contributed by atoms with van der Waals surface area (Å²) in [6, 6.07) is 21.8. The van der Waals surface area contributed by atoms with E-state index in [0.717, 1.165) is 53.5 Å². The molecule has 3 rings (SSSR count). The van der Waals surface area contributed by atoms with Crippen LogP contribution in [0.25, 0.3) is 22.3 Å². The van der Waals surface area contributed by atoms with Crippen LogP contribution in [-0.2, 0) is 22.4 Å². The fraction of sp³-hybridized carbons (Fsp3) is 0.300. The molecule has 0 saturated carbocycles. The summed E-state index contributed by atoms with van der Waals surface area (Å²) in [5, 5.41) is 8.87. The van der Waals surface area contributed by atoms with Crippen LogP contribution in [0.3, 0.4) is 0 Å². The van der Waals surface area contributed by atoms with E-state index in [2.05, 4.69) is 37.8 Å². The van der Waals surface area contributed by atoms with Crippen LogP contribution < -0.4 is 0 Å². The lowest BCUT2D eigenvalue weighted by Gasteiger charge is -2.09. The predicted octanol–water partition coefficient (Wildman–Crippen LogP) is 6.92. The van der Waals surface area contributed by atoms with E-state index < -0.39 is 5.97 Å². The van der Waals surface area contributed by atoms with Gasteiger partial charge in [0.05, 0.1) is 18.8 Å². The van der Waals surface area contributed by atoms with Gasteiger partial charge < -0.3 is 9.84 Å². The minimum Gasteiger partial charge on any atom is -0.462 e. The Morgan fingerprint density at radius 1 is 0.853 bits per heavy atom. The van der Waals surface area contributed by atoms with Gasteiger partial charge in [0.15, 0.2) is 0 Å². The Hall–Kier alpha value is -3.24. The first kappa shape index (κ1) is 25.4. The normalized spacial score (nSPS) is 10.8. The number of aryl methyl sites for hydroxylation is 2. The van der Waals surface area contributed by atoms with Crippen LogP contribution in [0.5, 0.6) is 0 Å². The Kier molecular flexibility index (Phi) is 9.60. The van der Waals surface area contributed by atoms with Crippen molar-refractivity contribution in [1.29, 1.82) is 0 Å². The quantitative estimate of drug-likeness (QED) is 0.181. The van der Waals surface area contributed by atoms with E-state index in [9.17, 15) is 9.18 Å². The van der Waals surface area contributed by atoms with Crippen molar-refractivity contribution in [3.63, 3.8) is 0 Å². The Morgan fingerprint density at radius 2 is 1.44 bits per heavy atom. The number of carbonyl (C=O) groups is 1. The van der Waals surface area contributed by atoms with Gasteiger partial charge in [0.25, 0.3) is 0 Å². The van der Waals surface area contributed by atoms with Gasteiger partial charge in [-0.1, -0.05) is 87.0 Å². The van der Waals surface area contributed by atoms with Gasteiger partial charge in [-0.3, -0.25) is 0 Å². The van der Waals surface area contributed by atoms with Crippen LogP contribution in [0.1, 0.15) is 43.7 Å². The average Bonchev–Trinajstić information content (AvgIpc) is 2.87. The number of hydrogen-bond donors (Lipinski definition) is 1. The zero-order valence-electron chi connectivity index (χ0n) is 19.9. The molecule has 0 aliphatic rings. The second-order valence-electron chi connectivity index (χ2n) is 8.55. The number of benzene rings is 3. The van der Waals surface area contributed by atoms with Gasteiger partial charge in [0.2, 0.25) is 0 Å². The third kappa shape index (κ3) is 7.13. The Balaban J connectivity index is 1.56. The molecule has 178 valence electrons. The van der Waals surface area contributed by atoms with Gasteiger partial charge in [0, 0.05) is 5.56 Å². The van der Waals surface area contributed by atoms with Crippen molar-refractivity contribution in [2.45, 2.75) is 45.4 Å². The van der Waals surface area contributed by atoms with Crippen LogP contribution in [0.4, 0.5) is 4.39 Å². The highest BCUT2D eigenvalue weighted by Crippen LogP contribution is 2.28. The zero-order valence-corrected chi connectivity index (χ0v) is 19.9. The lowest BCUT2D eigenvalue weighted by atomic mass is 9.97. The molecule has 0 radical (unpaired) electrons. The average molecular weight is 461 g/mol. The van der Waals surface area contributed by atoms with Crippen molar-refractivity contribution in [2.24, 2.45) is 0 Å². The van der Waals surface area contributed by atoms with E-state index in [1.807, 2.05) is 36.4 Å². The first-order valence-electron chi connectivity index (χ1n) is 12.0. The molecule has 0 bridgehead atoms. The molecule has 0 aromatic heterocycles. The molecule has 0 spiro atoms. The van der Waals surface area contributed by atoms with Gasteiger partial charge in [-0.25, -0.2) is 9.18 Å². The Labute approximate surface area is 201 Å². The summed E-state index contributed by atoms with van der Waals surface area (Å²) >= 11 is 0. The molecule has 0 atom stereocenters. The van der Waals surface area contributed by atoms with Gasteiger partial charge >= 0.3 is 5.97 Å². The van der Waals surface area contributed by atoms with Crippen LogP contribution in [0, 0.1) is 5.82 Å². The van der Waals surface area contributed by atoms with E-state index >= 15 is 0 Å². The smallest absolute Gasteiger partial charge is 0.335 e. The van der Waals surface area contributed by atoms with Crippen LogP contribution in [0.15, 0.2) is 78.9 Å². The fourth-order valence-corrected chi connectivity index (χ4v) is 3.84. The molecule has 0 fully saturated rings. The summed E-state index contributed by atoms with van der Waals surface area (Å²) in [6.07, 6.45) is 5.83. The number of aliphatic hydroxyl groups is 1. The molecular weight excluding hydrogens is 427 g/mol. The van der Waals surface area contributed by atoms with E-state index in [-0.39, 0.29) is 24.6 Å². The summed E-state index contributed by atoms with van der Waals surface area (Å²) in [6.45, 7) is 5.52. The summed E-state index contributed by atoms with van der Waals surface area (Å²) in [4.78, 5) is 11.5. The number of unbranched alkanes of at least 4 members (excludes halogenated alkanes) is 2. The van der Waals surface area contributed by atoms with Crippen molar-refractivity contribution < 1.29 is 19.0 Å². The fourth-order valence-electron chi connectivity index (χ4n) is 3.84. The molecule has 3 nitrogen and oxygen atoms in total. The lowest BCUT2D eigenvalue weighted by Crippen LogP contribution is -2.11. The molecule has 0 amide bonds. The SMILES string of the molecule is C=C(CO)C(=O)OCCCc1ccc(-c2ccc(-c3ccc(CCCCC)cc3F)cc2)cc1. The number of halogens is 1. The topological polar surface area (TPSA) is 46.5 Å². The molecular formula is C30H33FO3. The number of carbonyl (C=O) groups excluding carboxylic acids is 1. The summed E-state index contributed by atoms with van der Waals surface area (Å²) in [5.41, 5.74) is 5.94. The van der Waals surface area contributed by atoms with Crippen molar-refractivity contribution in [3.8, 4) is 22.3 Å². The molecule has 0 saturated heterocycles. The third-order valence-corrected chi connectivity index (χ3v) is 5.91. The summed E-state index contributed by atoms with van der Waals surface area (Å²) in [7, 11) is 0. The first-order chi connectivity index (χ1) is 16.5. The molecule has 1 N–H and O–H groups in total. The highest BCUT2D eigenvalue weighted by Gasteiger charge is 2.08. The number of ether oxygens (including phenoxy) is 1. The minimum atomic E-state index is -0.552. The maximum atomic E-state index is 14.7. The third-order valence-electron chi connectivity index (χ3n) is 5.91. The maximum Gasteiger partial charge on any atom is 0.335 e. The van der Waals surface area contributed by atoms with E-state index in [4.69, 9.17) is 9.84 Å². The standard InChI is InChI=1S/C30H33FO3/c1-3-4-5-7-24-11-18-28(29(31)20-24)27-16-14-26(15-17-27)25-12-9-23(10-13-25)8-6-19-34-30(33)22(2)21-32/h9-18,20,32H,2-8,19,21H2,1H3. The van der Waals surface area contributed by atoms with Gasteiger partial charge in [-0.2, -0.15) is 0 Å². The Bertz CT molecular complexity index is 1090. The van der Waals surface area contributed by atoms with Crippen molar-refractivity contribution in [1.82, 2.24) is 0 Å². The van der Waals surface area contributed by atoms with E-state index in [1.165, 1.54) is 6.42 Å². The first-order valence-corrected chi connectivity index (χ1v) is 12.0. The molecule has 0 heterocycles. The van der Waals surface area contributed by atoms with E-state index in [1.54, 1.807) is 6.07 Å². The summed E-state index contributed by atoms with van der Waals surface area (Å²) < 4.78 is 19.8. The summed E-state index contributed by atoms with van der Waals surface area (Å²) in [5.74, 6) is -0.721. The lowest BCUT2D eigenvalue weighted by molar-refractivity contribution is -0.139. The van der Waals surface area contributed by atoms with Crippen LogP contribution in [-0.4, -0.2) is 24.3 Å². The highest BCUT2D eigenvalue weighted by molar-refractivity contribution is 5.87. The number of aliphatic hydroxyl groups excluding tert-OH is 1. The van der Waals surface area contributed by atoms with Gasteiger partial charge in [-0.05, 0) is 59.6 Å².